The second-order valence-electron chi connectivity index (χ2n) is 6.40. The largest absolute Gasteiger partial charge is 0.459 e. The smallest absolute Gasteiger partial charge is 0.225 e. The fraction of sp³-hybridized carbons (Fsp3) is 0.0870. The topological polar surface area (TPSA) is 42.2 Å². The predicted octanol–water partition coefficient (Wildman–Crippen LogP) is 5.02. The lowest BCUT2D eigenvalue weighted by atomic mass is 10.0. The van der Waals surface area contributed by atoms with Crippen molar-refractivity contribution < 1.29 is 13.6 Å². The molecule has 3 nitrogen and oxygen atoms in total. The molecule has 1 aromatic heterocycles. The van der Waals surface area contributed by atoms with Crippen molar-refractivity contribution in [2.24, 2.45) is 0 Å². The summed E-state index contributed by atoms with van der Waals surface area (Å²) in [6, 6.07) is 24.9. The highest BCUT2D eigenvalue weighted by atomic mass is 19.1. The van der Waals surface area contributed by atoms with Crippen molar-refractivity contribution in [2.45, 2.75) is 12.5 Å². The minimum absolute atomic E-state index is 0.157. The molecule has 0 aliphatic carbocycles. The van der Waals surface area contributed by atoms with E-state index >= 15 is 0 Å². The summed E-state index contributed by atoms with van der Waals surface area (Å²) in [7, 11) is 0. The zero-order valence-corrected chi connectivity index (χ0v) is 14.6. The summed E-state index contributed by atoms with van der Waals surface area (Å²) in [6.45, 7) is 0. The van der Waals surface area contributed by atoms with E-state index in [9.17, 15) is 9.18 Å². The second kappa shape index (κ2) is 7.46. The number of carbonyl (C=O) groups is 1. The molecule has 27 heavy (non-hydrogen) atoms. The zero-order valence-electron chi connectivity index (χ0n) is 14.6. The number of carbonyl (C=O) groups excluding carboxylic acids is 1. The van der Waals surface area contributed by atoms with Gasteiger partial charge in [-0.25, -0.2) is 4.39 Å². The Hall–Kier alpha value is -3.40. The van der Waals surface area contributed by atoms with Crippen molar-refractivity contribution in [1.82, 2.24) is 5.32 Å². The maximum Gasteiger partial charge on any atom is 0.225 e. The number of furan rings is 1. The lowest BCUT2D eigenvalue weighted by Gasteiger charge is -2.17. The van der Waals surface area contributed by atoms with E-state index in [1.165, 1.54) is 12.1 Å². The van der Waals surface area contributed by atoms with Gasteiger partial charge in [-0.15, -0.1) is 0 Å². The Labute approximate surface area is 156 Å². The van der Waals surface area contributed by atoms with Crippen LogP contribution in [-0.4, -0.2) is 5.91 Å². The van der Waals surface area contributed by atoms with Crippen molar-refractivity contribution in [1.29, 1.82) is 0 Å². The van der Waals surface area contributed by atoms with Gasteiger partial charge in [-0.3, -0.25) is 4.79 Å². The molecule has 1 heterocycles. The molecule has 1 atom stereocenters. The van der Waals surface area contributed by atoms with Crippen LogP contribution in [0.5, 0.6) is 0 Å². The van der Waals surface area contributed by atoms with Crippen LogP contribution in [0, 0.1) is 5.82 Å². The Bertz CT molecular complexity index is 1020. The quantitative estimate of drug-likeness (QED) is 0.544. The maximum absolute atomic E-state index is 13.1. The molecule has 1 N–H and O–H groups in total. The molecule has 0 bridgehead atoms. The monoisotopic (exact) mass is 359 g/mol. The van der Waals surface area contributed by atoms with E-state index in [2.05, 4.69) is 5.32 Å². The first-order valence-electron chi connectivity index (χ1n) is 8.76. The Kier molecular flexibility index (Phi) is 4.71. The van der Waals surface area contributed by atoms with Crippen LogP contribution in [0.1, 0.15) is 22.9 Å². The standard InChI is InChI=1S/C23H18FNO2/c24-19-12-10-16(11-13-19)14-22(26)25-23(17-6-2-1-3-7-17)21-15-18-8-4-5-9-20(18)27-21/h1-13,15,23H,14H2,(H,25,26)/t23-/m0/s1. The molecule has 0 aliphatic heterocycles. The lowest BCUT2D eigenvalue weighted by molar-refractivity contribution is -0.121. The van der Waals surface area contributed by atoms with E-state index in [1.807, 2.05) is 60.7 Å². The SMILES string of the molecule is O=C(Cc1ccc(F)cc1)N[C@@H](c1ccccc1)c1cc2ccccc2o1. The Morgan fingerprint density at radius 3 is 2.37 bits per heavy atom. The first kappa shape index (κ1) is 17.0. The third-order valence-corrected chi connectivity index (χ3v) is 4.45. The molecule has 4 aromatic rings. The summed E-state index contributed by atoms with van der Waals surface area (Å²) in [5.74, 6) is 0.203. The summed E-state index contributed by atoms with van der Waals surface area (Å²) < 4.78 is 19.1. The molecule has 0 unspecified atom stereocenters. The van der Waals surface area contributed by atoms with Gasteiger partial charge in [0, 0.05) is 5.39 Å². The number of halogens is 1. The van der Waals surface area contributed by atoms with Crippen LogP contribution in [0.15, 0.2) is 89.3 Å². The molecule has 0 saturated carbocycles. The molecule has 0 saturated heterocycles. The lowest BCUT2D eigenvalue weighted by Crippen LogP contribution is -2.30. The Balaban J connectivity index is 1.62. The molecule has 1 amide bonds. The minimum atomic E-state index is -0.397. The van der Waals surface area contributed by atoms with E-state index in [1.54, 1.807) is 12.1 Å². The highest BCUT2D eigenvalue weighted by Crippen LogP contribution is 2.28. The fourth-order valence-corrected chi connectivity index (χ4v) is 3.11. The average molecular weight is 359 g/mol. The third kappa shape index (κ3) is 3.90. The van der Waals surface area contributed by atoms with Crippen LogP contribution < -0.4 is 5.32 Å². The van der Waals surface area contributed by atoms with E-state index in [0.717, 1.165) is 22.1 Å². The normalized spacial score (nSPS) is 12.0. The fourth-order valence-electron chi connectivity index (χ4n) is 3.11. The summed E-state index contributed by atoms with van der Waals surface area (Å²) >= 11 is 0. The molecule has 0 aliphatic rings. The Morgan fingerprint density at radius 1 is 0.926 bits per heavy atom. The van der Waals surface area contributed by atoms with E-state index in [0.29, 0.717) is 5.76 Å². The van der Waals surface area contributed by atoms with Crippen molar-refractivity contribution in [3.05, 3.63) is 108 Å². The van der Waals surface area contributed by atoms with Gasteiger partial charge in [0.2, 0.25) is 5.91 Å². The van der Waals surface area contributed by atoms with E-state index < -0.39 is 6.04 Å². The summed E-state index contributed by atoms with van der Waals surface area (Å²) in [6.07, 6.45) is 0.170. The summed E-state index contributed by atoms with van der Waals surface area (Å²) in [5, 5.41) is 4.03. The number of fused-ring (bicyclic) bond motifs is 1. The average Bonchev–Trinajstić information content (AvgIpc) is 3.12. The second-order valence-corrected chi connectivity index (χ2v) is 6.40. The molecule has 4 rings (SSSR count). The van der Waals surface area contributed by atoms with Crippen molar-refractivity contribution in [3.63, 3.8) is 0 Å². The van der Waals surface area contributed by atoms with Gasteiger partial charge in [0.25, 0.3) is 0 Å². The Morgan fingerprint density at radius 2 is 1.63 bits per heavy atom. The first-order valence-corrected chi connectivity index (χ1v) is 8.76. The predicted molar refractivity (Wildman–Crippen MR) is 103 cm³/mol. The van der Waals surface area contributed by atoms with Crippen molar-refractivity contribution >= 4 is 16.9 Å². The molecule has 4 heteroatoms. The minimum Gasteiger partial charge on any atom is -0.459 e. The van der Waals surface area contributed by atoms with Gasteiger partial charge in [-0.2, -0.15) is 0 Å². The van der Waals surface area contributed by atoms with E-state index in [-0.39, 0.29) is 18.1 Å². The van der Waals surface area contributed by atoms with Gasteiger partial charge in [-0.1, -0.05) is 60.7 Å². The number of rotatable bonds is 5. The van der Waals surface area contributed by atoms with Crippen LogP contribution in [0.3, 0.4) is 0 Å². The number of nitrogens with one attached hydrogen (secondary N) is 1. The highest BCUT2D eigenvalue weighted by Gasteiger charge is 2.21. The first-order chi connectivity index (χ1) is 13.2. The van der Waals surface area contributed by atoms with Crippen molar-refractivity contribution in [2.75, 3.05) is 0 Å². The molecule has 0 fully saturated rings. The molecule has 0 radical (unpaired) electrons. The molecule has 0 spiro atoms. The molecular weight excluding hydrogens is 341 g/mol. The number of benzene rings is 3. The van der Waals surface area contributed by atoms with Crippen molar-refractivity contribution in [3.8, 4) is 0 Å². The van der Waals surface area contributed by atoms with Crippen LogP contribution in [0.25, 0.3) is 11.0 Å². The van der Waals surface area contributed by atoms with E-state index in [4.69, 9.17) is 4.42 Å². The number of hydrogen-bond acceptors (Lipinski definition) is 2. The number of amides is 1. The molecular formula is C23H18FNO2. The maximum atomic E-state index is 13.1. The number of para-hydroxylation sites is 1. The number of hydrogen-bond donors (Lipinski definition) is 1. The van der Waals surface area contributed by atoms with Gasteiger partial charge < -0.3 is 9.73 Å². The van der Waals surface area contributed by atoms with Crippen LogP contribution >= 0.6 is 0 Å². The van der Waals surface area contributed by atoms with Gasteiger partial charge in [0.05, 0.1) is 6.42 Å². The van der Waals surface area contributed by atoms with Crippen LogP contribution in [-0.2, 0) is 11.2 Å². The highest BCUT2D eigenvalue weighted by molar-refractivity contribution is 5.81. The van der Waals surface area contributed by atoms with Gasteiger partial charge in [-0.05, 0) is 35.4 Å². The summed E-state index contributed by atoms with van der Waals surface area (Å²) in [5.41, 5.74) is 2.47. The zero-order chi connectivity index (χ0) is 18.6. The van der Waals surface area contributed by atoms with Crippen LogP contribution in [0.4, 0.5) is 4.39 Å². The molecule has 3 aromatic carbocycles. The summed E-state index contributed by atoms with van der Waals surface area (Å²) in [4.78, 5) is 12.6. The third-order valence-electron chi connectivity index (χ3n) is 4.45. The van der Waals surface area contributed by atoms with Gasteiger partial charge in [0.1, 0.15) is 23.2 Å². The molecule has 134 valence electrons. The van der Waals surface area contributed by atoms with Gasteiger partial charge >= 0.3 is 0 Å². The van der Waals surface area contributed by atoms with Crippen LogP contribution in [0.2, 0.25) is 0 Å². The van der Waals surface area contributed by atoms with Gasteiger partial charge in [0.15, 0.2) is 0 Å².